The Morgan fingerprint density at radius 1 is 1.04 bits per heavy atom. The monoisotopic (exact) mass is 347 g/mol. The number of nitrogens with one attached hydrogen (secondary N) is 2. The van der Waals surface area contributed by atoms with Crippen molar-refractivity contribution in [1.82, 2.24) is 19.9 Å². The predicted molar refractivity (Wildman–Crippen MR) is 97.3 cm³/mol. The van der Waals surface area contributed by atoms with E-state index in [1.807, 2.05) is 54.0 Å². The van der Waals surface area contributed by atoms with Crippen molar-refractivity contribution in [2.24, 2.45) is 0 Å². The van der Waals surface area contributed by atoms with Gasteiger partial charge in [-0.2, -0.15) is 0 Å². The number of hydrogen-bond donors (Lipinski definition) is 2. The van der Waals surface area contributed by atoms with Gasteiger partial charge in [-0.05, 0) is 12.1 Å². The zero-order chi connectivity index (χ0) is 17.1. The molecule has 0 saturated carbocycles. The van der Waals surface area contributed by atoms with Crippen LogP contribution in [0.2, 0.25) is 0 Å². The summed E-state index contributed by atoms with van der Waals surface area (Å²) in [6.07, 6.45) is 4.87. The molecule has 0 radical (unpaired) electrons. The second-order valence-electron chi connectivity index (χ2n) is 5.24. The highest BCUT2D eigenvalue weighted by Gasteiger charge is 2.11. The Labute approximate surface area is 147 Å². The van der Waals surface area contributed by atoms with E-state index in [1.54, 1.807) is 0 Å². The fraction of sp³-hybridized carbons (Fsp3) is 0. The van der Waals surface area contributed by atoms with Crippen molar-refractivity contribution in [3.8, 4) is 22.8 Å². The molecule has 3 heterocycles. The number of aromatic nitrogens is 4. The molecule has 122 valence electrons. The number of carbonyl (C=O) groups excluding carboxylic acids is 1. The Hall–Kier alpha value is -3.32. The molecule has 0 aliphatic heterocycles. The van der Waals surface area contributed by atoms with Crippen LogP contribution < -0.4 is 5.32 Å². The molecule has 1 aromatic carbocycles. The summed E-state index contributed by atoms with van der Waals surface area (Å²) in [5, 5.41) is 5.19. The molecular formula is C18H13N5OS. The number of benzene rings is 1. The second-order valence-corrected chi connectivity index (χ2v) is 6.10. The average molecular weight is 347 g/mol. The Balaban J connectivity index is 1.48. The first-order chi connectivity index (χ1) is 12.3. The maximum Gasteiger partial charge on any atom is 0.260 e. The predicted octanol–water partition coefficient (Wildman–Crippen LogP) is 3.85. The molecule has 6 nitrogen and oxygen atoms in total. The Bertz CT molecular complexity index is 978. The zero-order valence-corrected chi connectivity index (χ0v) is 13.8. The van der Waals surface area contributed by atoms with Gasteiger partial charge < -0.3 is 4.98 Å². The molecular weight excluding hydrogens is 334 g/mol. The first kappa shape index (κ1) is 15.2. The third kappa shape index (κ3) is 3.31. The Kier molecular flexibility index (Phi) is 4.05. The number of carbonyl (C=O) groups is 1. The molecule has 0 fully saturated rings. The van der Waals surface area contributed by atoms with Crippen LogP contribution in [0.5, 0.6) is 0 Å². The molecule has 25 heavy (non-hydrogen) atoms. The van der Waals surface area contributed by atoms with Gasteiger partial charge in [0.15, 0.2) is 11.0 Å². The molecule has 7 heteroatoms. The molecule has 0 aliphatic carbocycles. The van der Waals surface area contributed by atoms with Gasteiger partial charge in [-0.3, -0.25) is 10.1 Å². The van der Waals surface area contributed by atoms with E-state index in [9.17, 15) is 4.79 Å². The molecule has 0 saturated heterocycles. The van der Waals surface area contributed by atoms with Gasteiger partial charge in [-0.1, -0.05) is 30.3 Å². The lowest BCUT2D eigenvalue weighted by atomic mass is 10.2. The number of thiazole rings is 1. The minimum absolute atomic E-state index is 0.285. The summed E-state index contributed by atoms with van der Waals surface area (Å²) in [6, 6.07) is 13.4. The minimum Gasteiger partial charge on any atom is -0.360 e. The highest BCUT2D eigenvalue weighted by molar-refractivity contribution is 7.14. The van der Waals surface area contributed by atoms with Crippen molar-refractivity contribution in [3.05, 3.63) is 72.0 Å². The number of nitrogens with zero attached hydrogens (tertiary/aromatic N) is 3. The van der Waals surface area contributed by atoms with Crippen LogP contribution >= 0.6 is 11.3 Å². The summed E-state index contributed by atoms with van der Waals surface area (Å²) >= 11 is 1.37. The van der Waals surface area contributed by atoms with E-state index in [1.165, 1.54) is 23.7 Å². The summed E-state index contributed by atoms with van der Waals surface area (Å²) in [6.45, 7) is 0. The van der Waals surface area contributed by atoms with Gasteiger partial charge in [0.1, 0.15) is 0 Å². The molecule has 1 amide bonds. The van der Waals surface area contributed by atoms with Crippen LogP contribution in [0.25, 0.3) is 22.8 Å². The summed E-state index contributed by atoms with van der Waals surface area (Å²) in [5.74, 6) is 0.299. The first-order valence-corrected chi connectivity index (χ1v) is 8.46. The number of hydrogen-bond acceptors (Lipinski definition) is 5. The average Bonchev–Trinajstić information content (AvgIpc) is 3.34. The van der Waals surface area contributed by atoms with Crippen LogP contribution in [0, 0.1) is 0 Å². The van der Waals surface area contributed by atoms with E-state index in [0.29, 0.717) is 16.5 Å². The van der Waals surface area contributed by atoms with E-state index < -0.39 is 0 Å². The van der Waals surface area contributed by atoms with Gasteiger partial charge >= 0.3 is 0 Å². The van der Waals surface area contributed by atoms with Gasteiger partial charge in [0.25, 0.3) is 5.91 Å². The second kappa shape index (κ2) is 6.66. The van der Waals surface area contributed by atoms with Gasteiger partial charge in [-0.15, -0.1) is 11.3 Å². The lowest BCUT2D eigenvalue weighted by molar-refractivity contribution is 0.102. The molecule has 4 aromatic rings. The summed E-state index contributed by atoms with van der Waals surface area (Å²) in [7, 11) is 0. The standard InChI is InChI=1S/C18H13N5OS/c24-17(23-18-22-15(11-25-18)14-7-4-8-19-14)13-9-20-16(21-10-13)12-5-2-1-3-6-12/h1-11,19H,(H,22,23,24). The summed E-state index contributed by atoms with van der Waals surface area (Å²) in [4.78, 5) is 28.3. The van der Waals surface area contributed by atoms with Gasteiger partial charge in [-0.25, -0.2) is 15.0 Å². The largest absolute Gasteiger partial charge is 0.360 e. The van der Waals surface area contributed by atoms with E-state index in [2.05, 4.69) is 25.3 Å². The van der Waals surface area contributed by atoms with Crippen molar-refractivity contribution < 1.29 is 4.79 Å². The van der Waals surface area contributed by atoms with Crippen molar-refractivity contribution >= 4 is 22.4 Å². The van der Waals surface area contributed by atoms with Crippen LogP contribution in [-0.2, 0) is 0 Å². The summed E-state index contributed by atoms with van der Waals surface area (Å²) in [5.41, 5.74) is 2.99. The van der Waals surface area contributed by atoms with Crippen molar-refractivity contribution in [3.63, 3.8) is 0 Å². The van der Waals surface area contributed by atoms with Gasteiger partial charge in [0.05, 0.1) is 17.0 Å². The van der Waals surface area contributed by atoms with Crippen LogP contribution in [0.4, 0.5) is 5.13 Å². The van der Waals surface area contributed by atoms with Crippen LogP contribution in [-0.4, -0.2) is 25.8 Å². The van der Waals surface area contributed by atoms with Crippen LogP contribution in [0.3, 0.4) is 0 Å². The van der Waals surface area contributed by atoms with Gasteiger partial charge in [0, 0.05) is 29.5 Å². The molecule has 2 N–H and O–H groups in total. The highest BCUT2D eigenvalue weighted by Crippen LogP contribution is 2.24. The lowest BCUT2D eigenvalue weighted by Gasteiger charge is -2.03. The fourth-order valence-corrected chi connectivity index (χ4v) is 3.00. The third-order valence-corrected chi connectivity index (χ3v) is 4.30. The topological polar surface area (TPSA) is 83.6 Å². The van der Waals surface area contributed by atoms with Crippen LogP contribution in [0.1, 0.15) is 10.4 Å². The number of H-pyrrole nitrogens is 1. The molecule has 0 spiro atoms. The number of amides is 1. The SMILES string of the molecule is O=C(Nc1nc(-c2ccc[nH]2)cs1)c1cnc(-c2ccccc2)nc1. The highest BCUT2D eigenvalue weighted by atomic mass is 32.1. The molecule has 4 rings (SSSR count). The Morgan fingerprint density at radius 3 is 2.56 bits per heavy atom. The van der Waals surface area contributed by atoms with E-state index in [-0.39, 0.29) is 5.91 Å². The molecule has 0 bridgehead atoms. The van der Waals surface area contributed by atoms with E-state index in [4.69, 9.17) is 0 Å². The van der Waals surface area contributed by atoms with E-state index in [0.717, 1.165) is 17.0 Å². The van der Waals surface area contributed by atoms with Crippen LogP contribution in [0.15, 0.2) is 66.4 Å². The van der Waals surface area contributed by atoms with Crippen molar-refractivity contribution in [2.75, 3.05) is 5.32 Å². The quantitative estimate of drug-likeness (QED) is 0.587. The molecule has 3 aromatic heterocycles. The maximum absolute atomic E-state index is 12.3. The smallest absolute Gasteiger partial charge is 0.260 e. The minimum atomic E-state index is -0.285. The van der Waals surface area contributed by atoms with Crippen molar-refractivity contribution in [2.45, 2.75) is 0 Å². The Morgan fingerprint density at radius 2 is 1.84 bits per heavy atom. The summed E-state index contributed by atoms with van der Waals surface area (Å²) < 4.78 is 0. The number of rotatable bonds is 4. The first-order valence-electron chi connectivity index (χ1n) is 7.58. The number of aromatic amines is 1. The third-order valence-electron chi connectivity index (χ3n) is 3.54. The molecule has 0 unspecified atom stereocenters. The maximum atomic E-state index is 12.3. The number of anilines is 1. The molecule has 0 aliphatic rings. The van der Waals surface area contributed by atoms with E-state index >= 15 is 0 Å². The van der Waals surface area contributed by atoms with Gasteiger partial charge in [0.2, 0.25) is 0 Å². The lowest BCUT2D eigenvalue weighted by Crippen LogP contribution is -2.12. The normalized spacial score (nSPS) is 10.6. The van der Waals surface area contributed by atoms with Crippen molar-refractivity contribution in [1.29, 1.82) is 0 Å². The molecule has 0 atom stereocenters. The fourth-order valence-electron chi connectivity index (χ4n) is 2.30. The zero-order valence-electron chi connectivity index (χ0n) is 13.0.